The van der Waals surface area contributed by atoms with E-state index in [4.69, 9.17) is 0 Å². The maximum absolute atomic E-state index is 12.6. The predicted molar refractivity (Wildman–Crippen MR) is 77.2 cm³/mol. The van der Waals surface area contributed by atoms with E-state index in [9.17, 15) is 4.79 Å². The molecular weight excluding hydrogens is 238 g/mol. The van der Waals surface area contributed by atoms with E-state index in [1.807, 2.05) is 26.0 Å². The number of amides is 1. The van der Waals surface area contributed by atoms with Gasteiger partial charge in [0.1, 0.15) is 0 Å². The highest BCUT2D eigenvalue weighted by Crippen LogP contribution is 2.34. The molecule has 104 valence electrons. The predicted octanol–water partition coefficient (Wildman–Crippen LogP) is 2.42. The molecule has 1 aromatic heterocycles. The van der Waals surface area contributed by atoms with E-state index in [1.165, 1.54) is 0 Å². The van der Waals surface area contributed by atoms with Crippen molar-refractivity contribution in [2.75, 3.05) is 18.4 Å². The molecule has 0 saturated carbocycles. The average molecular weight is 261 g/mol. The largest absolute Gasteiger partial charge is 0.324 e. The fourth-order valence-corrected chi connectivity index (χ4v) is 2.72. The molecule has 19 heavy (non-hydrogen) atoms. The zero-order chi connectivity index (χ0) is 13.9. The number of hydrogen-bond donors (Lipinski definition) is 2. The number of nitrogens with zero attached hydrogens (tertiary/aromatic N) is 1. The molecule has 0 bridgehead atoms. The van der Waals surface area contributed by atoms with Crippen molar-refractivity contribution < 1.29 is 4.79 Å². The summed E-state index contributed by atoms with van der Waals surface area (Å²) < 4.78 is 0. The quantitative estimate of drug-likeness (QED) is 0.878. The third-order valence-corrected chi connectivity index (χ3v) is 4.19. The first-order chi connectivity index (χ1) is 9.07. The maximum atomic E-state index is 12.6. The minimum Gasteiger partial charge on any atom is -0.324 e. The van der Waals surface area contributed by atoms with Crippen molar-refractivity contribution in [3.63, 3.8) is 0 Å². The molecule has 1 fully saturated rings. The lowest BCUT2D eigenvalue weighted by Crippen LogP contribution is -2.44. The Bertz CT molecular complexity index is 464. The summed E-state index contributed by atoms with van der Waals surface area (Å²) in [5.41, 5.74) is 2.47. The molecule has 4 heteroatoms. The Hall–Kier alpha value is -1.42. The molecule has 0 aromatic carbocycles. The summed E-state index contributed by atoms with van der Waals surface area (Å²) >= 11 is 0. The number of aryl methyl sites for hydroxylation is 2. The van der Waals surface area contributed by atoms with Crippen LogP contribution in [0.25, 0.3) is 0 Å². The molecule has 2 rings (SSSR count). The highest BCUT2D eigenvalue weighted by Gasteiger charge is 2.37. The van der Waals surface area contributed by atoms with Crippen molar-refractivity contribution in [1.82, 2.24) is 10.3 Å². The number of carbonyl (C=O) groups excluding carboxylic acids is 1. The molecule has 2 N–H and O–H groups in total. The minimum absolute atomic E-state index is 0.144. The summed E-state index contributed by atoms with van der Waals surface area (Å²) in [6.07, 6.45) is 2.71. The first-order valence-corrected chi connectivity index (χ1v) is 7.04. The summed E-state index contributed by atoms with van der Waals surface area (Å²) in [5.74, 6) is 0.144. The van der Waals surface area contributed by atoms with E-state index in [0.29, 0.717) is 0 Å². The van der Waals surface area contributed by atoms with Crippen molar-refractivity contribution in [2.45, 2.75) is 40.0 Å². The number of pyridine rings is 1. The molecule has 2 heterocycles. The first-order valence-electron chi connectivity index (χ1n) is 7.04. The molecule has 1 aliphatic heterocycles. The Kier molecular flexibility index (Phi) is 4.20. The number of rotatable bonds is 3. The van der Waals surface area contributed by atoms with E-state index in [0.717, 1.165) is 49.4 Å². The number of hydrogen-bond acceptors (Lipinski definition) is 3. The van der Waals surface area contributed by atoms with E-state index in [-0.39, 0.29) is 11.3 Å². The van der Waals surface area contributed by atoms with Crippen molar-refractivity contribution in [3.8, 4) is 0 Å². The molecule has 0 spiro atoms. The van der Waals surface area contributed by atoms with E-state index >= 15 is 0 Å². The fourth-order valence-electron chi connectivity index (χ4n) is 2.72. The van der Waals surface area contributed by atoms with Crippen molar-refractivity contribution >= 4 is 11.6 Å². The Morgan fingerprint density at radius 1 is 1.37 bits per heavy atom. The van der Waals surface area contributed by atoms with Crippen LogP contribution in [0.3, 0.4) is 0 Å². The SMILES string of the molecule is CCC1(C(=O)Nc2ccc(C)nc2C)CCNCC1. The highest BCUT2D eigenvalue weighted by molar-refractivity contribution is 5.95. The third-order valence-electron chi connectivity index (χ3n) is 4.19. The van der Waals surface area contributed by atoms with Gasteiger partial charge in [0.05, 0.1) is 16.8 Å². The van der Waals surface area contributed by atoms with Gasteiger partial charge in [-0.25, -0.2) is 0 Å². The van der Waals surface area contributed by atoms with Crippen LogP contribution in [0.2, 0.25) is 0 Å². The van der Waals surface area contributed by atoms with Gasteiger partial charge in [0.25, 0.3) is 0 Å². The van der Waals surface area contributed by atoms with Crippen LogP contribution in [-0.2, 0) is 4.79 Å². The summed E-state index contributed by atoms with van der Waals surface area (Å²) in [7, 11) is 0. The van der Waals surface area contributed by atoms with Gasteiger partial charge in [0.15, 0.2) is 0 Å². The minimum atomic E-state index is -0.220. The molecular formula is C15H23N3O. The zero-order valence-electron chi connectivity index (χ0n) is 12.0. The van der Waals surface area contributed by atoms with E-state index in [1.54, 1.807) is 0 Å². The average Bonchev–Trinajstić information content (AvgIpc) is 2.42. The molecule has 0 atom stereocenters. The third kappa shape index (κ3) is 2.95. The number of aromatic nitrogens is 1. The van der Waals surface area contributed by atoms with Gasteiger partial charge in [-0.15, -0.1) is 0 Å². The van der Waals surface area contributed by atoms with Gasteiger partial charge in [-0.1, -0.05) is 6.92 Å². The summed E-state index contributed by atoms with van der Waals surface area (Å²) in [5, 5.41) is 6.39. The van der Waals surface area contributed by atoms with Crippen LogP contribution < -0.4 is 10.6 Å². The van der Waals surface area contributed by atoms with Crippen molar-refractivity contribution in [2.24, 2.45) is 5.41 Å². The van der Waals surface area contributed by atoms with Gasteiger partial charge >= 0.3 is 0 Å². The zero-order valence-corrected chi connectivity index (χ0v) is 12.0. The van der Waals surface area contributed by atoms with Crippen LogP contribution in [0.4, 0.5) is 5.69 Å². The van der Waals surface area contributed by atoms with Gasteiger partial charge in [0.2, 0.25) is 5.91 Å². The molecule has 0 unspecified atom stereocenters. The lowest BCUT2D eigenvalue weighted by atomic mass is 9.76. The summed E-state index contributed by atoms with van der Waals surface area (Å²) in [6, 6.07) is 3.88. The summed E-state index contributed by atoms with van der Waals surface area (Å²) in [4.78, 5) is 17.0. The topological polar surface area (TPSA) is 54.0 Å². The molecule has 1 amide bonds. The number of nitrogens with one attached hydrogen (secondary N) is 2. The monoisotopic (exact) mass is 261 g/mol. The molecule has 4 nitrogen and oxygen atoms in total. The molecule has 1 saturated heterocycles. The van der Waals surface area contributed by atoms with Gasteiger partial charge in [-0.3, -0.25) is 9.78 Å². The van der Waals surface area contributed by atoms with Crippen molar-refractivity contribution in [1.29, 1.82) is 0 Å². The second kappa shape index (κ2) is 5.70. The van der Waals surface area contributed by atoms with Crippen LogP contribution in [0.15, 0.2) is 12.1 Å². The second-order valence-corrected chi connectivity index (χ2v) is 5.42. The van der Waals surface area contributed by atoms with Crippen LogP contribution >= 0.6 is 0 Å². The van der Waals surface area contributed by atoms with E-state index in [2.05, 4.69) is 22.5 Å². The molecule has 0 aliphatic carbocycles. The number of anilines is 1. The summed E-state index contributed by atoms with van der Waals surface area (Å²) in [6.45, 7) is 7.84. The van der Waals surface area contributed by atoms with Crippen LogP contribution in [-0.4, -0.2) is 24.0 Å². The molecule has 1 aliphatic rings. The number of piperidine rings is 1. The standard InChI is InChI=1S/C15H23N3O/c1-4-15(7-9-16-10-8-15)14(19)18-13-6-5-11(2)17-12(13)3/h5-6,16H,4,7-10H2,1-3H3,(H,18,19). The Morgan fingerprint density at radius 3 is 2.63 bits per heavy atom. The Morgan fingerprint density at radius 2 is 2.05 bits per heavy atom. The number of carbonyl (C=O) groups is 1. The Balaban J connectivity index is 2.15. The lowest BCUT2D eigenvalue weighted by molar-refractivity contribution is -0.127. The van der Waals surface area contributed by atoms with Gasteiger partial charge in [-0.2, -0.15) is 0 Å². The highest BCUT2D eigenvalue weighted by atomic mass is 16.2. The van der Waals surface area contributed by atoms with Crippen LogP contribution in [0.1, 0.15) is 37.6 Å². The van der Waals surface area contributed by atoms with Gasteiger partial charge in [-0.05, 0) is 58.3 Å². The van der Waals surface area contributed by atoms with E-state index < -0.39 is 0 Å². The van der Waals surface area contributed by atoms with Gasteiger partial charge < -0.3 is 10.6 Å². The van der Waals surface area contributed by atoms with Crippen LogP contribution in [0.5, 0.6) is 0 Å². The second-order valence-electron chi connectivity index (χ2n) is 5.42. The maximum Gasteiger partial charge on any atom is 0.230 e. The first kappa shape index (κ1) is 14.0. The van der Waals surface area contributed by atoms with Gasteiger partial charge in [0, 0.05) is 5.69 Å². The van der Waals surface area contributed by atoms with Crippen LogP contribution in [0, 0.1) is 19.3 Å². The smallest absolute Gasteiger partial charge is 0.230 e. The lowest BCUT2D eigenvalue weighted by Gasteiger charge is -2.35. The normalized spacial score (nSPS) is 18.1. The van der Waals surface area contributed by atoms with Crippen molar-refractivity contribution in [3.05, 3.63) is 23.5 Å². The fraction of sp³-hybridized carbons (Fsp3) is 0.600. The molecule has 1 aromatic rings. The molecule has 0 radical (unpaired) electrons. The Labute approximate surface area is 115 Å².